The molecular weight excluding hydrogens is 354 g/mol. The van der Waals surface area contributed by atoms with Gasteiger partial charge in [0.2, 0.25) is 10.0 Å². The molecule has 0 aliphatic carbocycles. The number of halogens is 1. The van der Waals surface area contributed by atoms with Gasteiger partial charge in [-0.15, -0.1) is 0 Å². The Morgan fingerprint density at radius 2 is 1.89 bits per heavy atom. The van der Waals surface area contributed by atoms with Crippen molar-refractivity contribution in [1.82, 2.24) is 4.72 Å². The second kappa shape index (κ2) is 5.51. The molecule has 8 heteroatoms. The molecule has 0 amide bonds. The Morgan fingerprint density at radius 1 is 1.26 bits per heavy atom. The molecule has 1 aromatic rings. The first-order chi connectivity index (χ1) is 8.82. The maximum absolute atomic E-state index is 12.1. The largest absolute Gasteiger partial charge is 0.240 e. The van der Waals surface area contributed by atoms with Gasteiger partial charge in [0.25, 0.3) is 0 Å². The lowest BCUT2D eigenvalue weighted by Crippen LogP contribution is -2.35. The Bertz CT molecular complexity index is 652. The normalized spacial score (nSPS) is 22.5. The van der Waals surface area contributed by atoms with E-state index in [1.54, 1.807) is 12.1 Å². The Labute approximate surface area is 121 Å². The quantitative estimate of drug-likeness (QED) is 0.806. The number of rotatable bonds is 4. The molecule has 0 saturated carbocycles. The van der Waals surface area contributed by atoms with E-state index in [9.17, 15) is 16.8 Å². The molecule has 1 heterocycles. The lowest BCUT2D eigenvalue weighted by Gasteiger charge is -2.11. The molecule has 0 aromatic heterocycles. The van der Waals surface area contributed by atoms with Crippen molar-refractivity contribution >= 4 is 35.8 Å². The average Bonchev–Trinajstić information content (AvgIpc) is 2.68. The van der Waals surface area contributed by atoms with Gasteiger partial charge in [0.15, 0.2) is 9.84 Å². The van der Waals surface area contributed by atoms with Crippen LogP contribution in [0.5, 0.6) is 0 Å². The Hall–Kier alpha value is -0.440. The first-order valence-electron chi connectivity index (χ1n) is 5.70. The molecule has 0 bridgehead atoms. The van der Waals surface area contributed by atoms with Gasteiger partial charge in [0, 0.05) is 11.4 Å². The van der Waals surface area contributed by atoms with Crippen LogP contribution in [0, 0.1) is 0 Å². The van der Waals surface area contributed by atoms with Crippen LogP contribution in [0.25, 0.3) is 0 Å². The zero-order valence-electron chi connectivity index (χ0n) is 10.0. The summed E-state index contributed by atoms with van der Waals surface area (Å²) in [4.78, 5) is 0.154. The summed E-state index contributed by atoms with van der Waals surface area (Å²) in [6.07, 6.45) is 0.334. The minimum atomic E-state index is -3.65. The molecule has 1 N–H and O–H groups in total. The molecule has 1 aromatic carbocycles. The van der Waals surface area contributed by atoms with Crippen LogP contribution in [0.2, 0.25) is 0 Å². The Balaban J connectivity index is 2.14. The number of hydrogen-bond donors (Lipinski definition) is 1. The van der Waals surface area contributed by atoms with E-state index in [4.69, 9.17) is 0 Å². The van der Waals surface area contributed by atoms with Gasteiger partial charge in [-0.1, -0.05) is 28.1 Å². The summed E-state index contributed by atoms with van der Waals surface area (Å²) in [6, 6.07) is 5.94. The zero-order valence-corrected chi connectivity index (χ0v) is 13.3. The molecule has 1 aliphatic heterocycles. The molecule has 1 atom stereocenters. The number of sulfonamides is 1. The molecule has 2 rings (SSSR count). The highest BCUT2D eigenvalue weighted by Crippen LogP contribution is 2.17. The van der Waals surface area contributed by atoms with Crippen LogP contribution in [0.15, 0.2) is 29.2 Å². The van der Waals surface area contributed by atoms with Crippen LogP contribution in [0.3, 0.4) is 0 Å². The van der Waals surface area contributed by atoms with Gasteiger partial charge >= 0.3 is 0 Å². The van der Waals surface area contributed by atoms with Crippen LogP contribution >= 0.6 is 15.9 Å². The SMILES string of the molecule is O=S1(=O)CCC(NS(=O)(=O)c2ccc(CBr)cc2)C1. The van der Waals surface area contributed by atoms with Gasteiger partial charge in [0.1, 0.15) is 0 Å². The minimum Gasteiger partial charge on any atom is -0.229 e. The van der Waals surface area contributed by atoms with E-state index in [0.29, 0.717) is 11.8 Å². The van der Waals surface area contributed by atoms with Gasteiger partial charge in [-0.05, 0) is 24.1 Å². The second-order valence-corrected chi connectivity index (χ2v) is 9.00. The second-order valence-electron chi connectivity index (χ2n) is 4.50. The zero-order chi connectivity index (χ0) is 14.1. The molecular formula is C11H14BrNO4S2. The van der Waals surface area contributed by atoms with Crippen molar-refractivity contribution in [3.8, 4) is 0 Å². The average molecular weight is 368 g/mol. The van der Waals surface area contributed by atoms with Gasteiger partial charge in [0.05, 0.1) is 16.4 Å². The summed E-state index contributed by atoms with van der Waals surface area (Å²) in [5.74, 6) is -0.0750. The van der Waals surface area contributed by atoms with Crippen molar-refractivity contribution in [2.75, 3.05) is 11.5 Å². The van der Waals surface area contributed by atoms with E-state index >= 15 is 0 Å². The monoisotopic (exact) mass is 367 g/mol. The first kappa shape index (κ1) is 15.0. The van der Waals surface area contributed by atoms with E-state index in [1.807, 2.05) is 0 Å². The predicted molar refractivity (Wildman–Crippen MR) is 76.5 cm³/mol. The molecule has 1 fully saturated rings. The summed E-state index contributed by atoms with van der Waals surface area (Å²) in [5, 5.41) is 0.654. The molecule has 19 heavy (non-hydrogen) atoms. The number of alkyl halides is 1. The van der Waals surface area contributed by atoms with Gasteiger partial charge in [-0.3, -0.25) is 0 Å². The minimum absolute atomic E-state index is 0.0444. The van der Waals surface area contributed by atoms with Crippen molar-refractivity contribution in [1.29, 1.82) is 0 Å². The Kier molecular flexibility index (Phi) is 4.34. The smallest absolute Gasteiger partial charge is 0.229 e. The van der Waals surface area contributed by atoms with Gasteiger partial charge < -0.3 is 0 Å². The third kappa shape index (κ3) is 3.77. The van der Waals surface area contributed by atoms with E-state index in [2.05, 4.69) is 20.7 Å². The van der Waals surface area contributed by atoms with Crippen molar-refractivity contribution in [2.45, 2.75) is 22.7 Å². The number of sulfone groups is 1. The van der Waals surface area contributed by atoms with Gasteiger partial charge in [-0.25, -0.2) is 21.6 Å². The first-order valence-corrected chi connectivity index (χ1v) is 10.1. The number of nitrogens with one attached hydrogen (secondary N) is 1. The third-order valence-electron chi connectivity index (χ3n) is 2.94. The standard InChI is InChI=1S/C11H14BrNO4S2/c12-7-9-1-3-11(4-2-9)19(16,17)13-10-5-6-18(14,15)8-10/h1-4,10,13H,5-8H2. The fourth-order valence-electron chi connectivity index (χ4n) is 1.93. The predicted octanol–water partition coefficient (Wildman–Crippen LogP) is 1.05. The maximum Gasteiger partial charge on any atom is 0.240 e. The van der Waals surface area contributed by atoms with Crippen molar-refractivity contribution in [2.24, 2.45) is 0 Å². The fraction of sp³-hybridized carbons (Fsp3) is 0.455. The molecule has 0 spiro atoms. The summed E-state index contributed by atoms with van der Waals surface area (Å²) >= 11 is 3.28. The number of hydrogen-bond acceptors (Lipinski definition) is 4. The highest BCUT2D eigenvalue weighted by atomic mass is 79.9. The molecule has 1 unspecified atom stereocenters. The molecule has 106 valence electrons. The summed E-state index contributed by atoms with van der Waals surface area (Å²) in [5.41, 5.74) is 0.974. The fourth-order valence-corrected chi connectivity index (χ4v) is 5.36. The van der Waals surface area contributed by atoms with Crippen molar-refractivity contribution in [3.63, 3.8) is 0 Å². The van der Waals surface area contributed by atoms with Gasteiger partial charge in [-0.2, -0.15) is 0 Å². The highest BCUT2D eigenvalue weighted by molar-refractivity contribution is 9.08. The number of benzene rings is 1. The van der Waals surface area contributed by atoms with Crippen molar-refractivity contribution in [3.05, 3.63) is 29.8 Å². The summed E-state index contributed by atoms with van der Waals surface area (Å²) < 4.78 is 49.2. The maximum atomic E-state index is 12.1. The molecule has 1 aliphatic rings. The third-order valence-corrected chi connectivity index (χ3v) is 6.89. The summed E-state index contributed by atoms with van der Waals surface area (Å²) in [6.45, 7) is 0. The molecule has 0 radical (unpaired) electrons. The van der Waals surface area contributed by atoms with Crippen molar-refractivity contribution < 1.29 is 16.8 Å². The topological polar surface area (TPSA) is 80.3 Å². The van der Waals surface area contributed by atoms with E-state index in [0.717, 1.165) is 5.56 Å². The van der Waals surface area contributed by atoms with Crippen LogP contribution in [-0.2, 0) is 25.2 Å². The molecule has 1 saturated heterocycles. The van der Waals surface area contributed by atoms with E-state index in [1.165, 1.54) is 12.1 Å². The summed E-state index contributed by atoms with van der Waals surface area (Å²) in [7, 11) is -6.74. The highest BCUT2D eigenvalue weighted by Gasteiger charge is 2.31. The van der Waals surface area contributed by atoms with Crippen LogP contribution < -0.4 is 4.72 Å². The van der Waals surface area contributed by atoms with E-state index < -0.39 is 25.9 Å². The Morgan fingerprint density at radius 3 is 2.37 bits per heavy atom. The lowest BCUT2D eigenvalue weighted by molar-refractivity contribution is 0.562. The van der Waals surface area contributed by atoms with Crippen LogP contribution in [0.4, 0.5) is 0 Å². The molecule has 5 nitrogen and oxygen atoms in total. The van der Waals surface area contributed by atoms with Crippen LogP contribution in [0.1, 0.15) is 12.0 Å². The van der Waals surface area contributed by atoms with Crippen LogP contribution in [-0.4, -0.2) is 34.4 Å². The lowest BCUT2D eigenvalue weighted by atomic mass is 10.2. The van der Waals surface area contributed by atoms with E-state index in [-0.39, 0.29) is 16.4 Å².